The van der Waals surface area contributed by atoms with Crippen molar-refractivity contribution < 1.29 is 9.59 Å². The van der Waals surface area contributed by atoms with Crippen LogP contribution in [0.25, 0.3) is 0 Å². The van der Waals surface area contributed by atoms with Gasteiger partial charge < -0.3 is 11.1 Å². The summed E-state index contributed by atoms with van der Waals surface area (Å²) in [6.45, 7) is 0.738. The van der Waals surface area contributed by atoms with E-state index < -0.39 is 0 Å². The van der Waals surface area contributed by atoms with Crippen LogP contribution in [0.1, 0.15) is 19.3 Å². The lowest BCUT2D eigenvalue weighted by molar-refractivity contribution is -0.123. The minimum atomic E-state index is -0.329. The quantitative estimate of drug-likeness (QED) is 0.572. The zero-order chi connectivity index (χ0) is 8.27. The minimum Gasteiger partial charge on any atom is -0.370 e. The Bertz CT molecular complexity index is 179. The minimum absolute atomic E-state index is 0.0162. The largest absolute Gasteiger partial charge is 0.370 e. The number of nitrogens with two attached hydrogens (primary N) is 1. The summed E-state index contributed by atoms with van der Waals surface area (Å²) in [5, 5.41) is 2.70. The van der Waals surface area contributed by atoms with E-state index >= 15 is 0 Å². The summed E-state index contributed by atoms with van der Waals surface area (Å²) in [7, 11) is 0. The number of rotatable bonds is 3. The van der Waals surface area contributed by atoms with Crippen LogP contribution in [0, 0.1) is 5.92 Å². The van der Waals surface area contributed by atoms with Crippen LogP contribution >= 0.6 is 0 Å². The highest BCUT2D eigenvalue weighted by atomic mass is 16.2. The van der Waals surface area contributed by atoms with Crippen molar-refractivity contribution in [2.24, 2.45) is 11.7 Å². The SMILES string of the molecule is NC(=O)CC[C@@H]1CCNC1=O. The fourth-order valence-electron chi connectivity index (χ4n) is 1.24. The van der Waals surface area contributed by atoms with E-state index in [2.05, 4.69) is 5.32 Å². The number of nitrogens with one attached hydrogen (secondary N) is 1. The van der Waals surface area contributed by atoms with Gasteiger partial charge in [0.05, 0.1) is 0 Å². The fraction of sp³-hybridized carbons (Fsp3) is 0.714. The number of carbonyl (C=O) groups is 2. The zero-order valence-corrected chi connectivity index (χ0v) is 6.30. The van der Waals surface area contributed by atoms with Crippen molar-refractivity contribution in [3.63, 3.8) is 0 Å². The van der Waals surface area contributed by atoms with E-state index in [9.17, 15) is 9.59 Å². The van der Waals surface area contributed by atoms with Gasteiger partial charge in [0.15, 0.2) is 0 Å². The molecule has 1 heterocycles. The van der Waals surface area contributed by atoms with E-state index in [0.29, 0.717) is 12.8 Å². The Morgan fingerprint density at radius 1 is 1.73 bits per heavy atom. The Hall–Kier alpha value is -1.06. The Morgan fingerprint density at radius 2 is 2.45 bits per heavy atom. The molecule has 11 heavy (non-hydrogen) atoms. The molecule has 1 atom stereocenters. The summed E-state index contributed by atoms with van der Waals surface area (Å²) in [4.78, 5) is 21.3. The predicted octanol–water partition coefficient (Wildman–Crippen LogP) is -0.612. The second-order valence-corrected chi connectivity index (χ2v) is 2.78. The van der Waals surface area contributed by atoms with Gasteiger partial charge in [0.25, 0.3) is 0 Å². The van der Waals surface area contributed by atoms with Crippen molar-refractivity contribution in [1.29, 1.82) is 0 Å². The molecule has 1 aliphatic rings. The van der Waals surface area contributed by atoms with Gasteiger partial charge in [-0.15, -0.1) is 0 Å². The molecule has 0 aromatic carbocycles. The average Bonchev–Trinajstić information content (AvgIpc) is 2.31. The van der Waals surface area contributed by atoms with Gasteiger partial charge in [0, 0.05) is 18.9 Å². The monoisotopic (exact) mass is 156 g/mol. The standard InChI is InChI=1S/C7H12N2O2/c8-6(10)2-1-5-3-4-9-7(5)11/h5H,1-4H2,(H2,8,10)(H,9,11)/t5-/m1/s1. The first-order valence-electron chi connectivity index (χ1n) is 3.76. The van der Waals surface area contributed by atoms with Crippen molar-refractivity contribution in [3.05, 3.63) is 0 Å². The lowest BCUT2D eigenvalue weighted by Gasteiger charge is -2.02. The normalized spacial score (nSPS) is 23.3. The van der Waals surface area contributed by atoms with Crippen molar-refractivity contribution >= 4 is 11.8 Å². The first-order chi connectivity index (χ1) is 5.20. The molecule has 1 saturated heterocycles. The molecule has 2 amide bonds. The summed E-state index contributed by atoms with van der Waals surface area (Å²) in [6, 6.07) is 0. The van der Waals surface area contributed by atoms with E-state index in [1.54, 1.807) is 0 Å². The second kappa shape index (κ2) is 3.37. The van der Waals surface area contributed by atoms with Gasteiger partial charge in [-0.2, -0.15) is 0 Å². The number of carbonyl (C=O) groups excluding carboxylic acids is 2. The zero-order valence-electron chi connectivity index (χ0n) is 6.30. The van der Waals surface area contributed by atoms with Crippen LogP contribution in [0.2, 0.25) is 0 Å². The molecule has 3 N–H and O–H groups in total. The van der Waals surface area contributed by atoms with Gasteiger partial charge in [-0.1, -0.05) is 0 Å². The van der Waals surface area contributed by atoms with Gasteiger partial charge in [0.2, 0.25) is 11.8 Å². The van der Waals surface area contributed by atoms with Gasteiger partial charge in [-0.05, 0) is 12.8 Å². The Labute approximate surface area is 65.1 Å². The smallest absolute Gasteiger partial charge is 0.223 e. The highest BCUT2D eigenvalue weighted by molar-refractivity contribution is 5.81. The Kier molecular flexibility index (Phi) is 2.46. The Balaban J connectivity index is 2.26. The molecule has 1 aliphatic heterocycles. The van der Waals surface area contributed by atoms with Gasteiger partial charge in [-0.25, -0.2) is 0 Å². The molecule has 1 fully saturated rings. The molecule has 4 heteroatoms. The third kappa shape index (κ3) is 2.22. The maximum absolute atomic E-state index is 10.9. The lowest BCUT2D eigenvalue weighted by Crippen LogP contribution is -2.20. The van der Waals surface area contributed by atoms with Gasteiger partial charge in [-0.3, -0.25) is 9.59 Å². The molecule has 0 saturated carbocycles. The van der Waals surface area contributed by atoms with E-state index in [0.717, 1.165) is 13.0 Å². The maximum atomic E-state index is 10.9. The van der Waals surface area contributed by atoms with Gasteiger partial charge in [0.1, 0.15) is 0 Å². The van der Waals surface area contributed by atoms with Crippen LogP contribution in [0.15, 0.2) is 0 Å². The molecule has 0 spiro atoms. The predicted molar refractivity (Wildman–Crippen MR) is 39.5 cm³/mol. The van der Waals surface area contributed by atoms with Crippen molar-refractivity contribution in [2.45, 2.75) is 19.3 Å². The average molecular weight is 156 g/mol. The molecule has 0 aromatic rings. The molecule has 0 unspecified atom stereocenters. The molecular formula is C7H12N2O2. The van der Waals surface area contributed by atoms with Crippen LogP contribution in [-0.2, 0) is 9.59 Å². The number of hydrogen-bond donors (Lipinski definition) is 2. The third-order valence-corrected chi connectivity index (χ3v) is 1.90. The van der Waals surface area contributed by atoms with Crippen LogP contribution in [0.5, 0.6) is 0 Å². The summed E-state index contributed by atoms with van der Waals surface area (Å²) >= 11 is 0. The third-order valence-electron chi connectivity index (χ3n) is 1.90. The summed E-state index contributed by atoms with van der Waals surface area (Å²) in [5.41, 5.74) is 4.95. The first-order valence-corrected chi connectivity index (χ1v) is 3.76. The van der Waals surface area contributed by atoms with E-state index in [1.165, 1.54) is 0 Å². The molecule has 0 aliphatic carbocycles. The number of primary amides is 1. The first kappa shape index (κ1) is 8.04. The molecule has 0 radical (unpaired) electrons. The second-order valence-electron chi connectivity index (χ2n) is 2.78. The summed E-state index contributed by atoms with van der Waals surface area (Å²) in [5.74, 6) is -0.251. The maximum Gasteiger partial charge on any atom is 0.223 e. The molecule has 0 bridgehead atoms. The van der Waals surface area contributed by atoms with E-state index in [-0.39, 0.29) is 17.7 Å². The molecule has 1 rings (SSSR count). The van der Waals surface area contributed by atoms with Crippen molar-refractivity contribution in [3.8, 4) is 0 Å². The highest BCUT2D eigenvalue weighted by Crippen LogP contribution is 2.14. The van der Waals surface area contributed by atoms with Gasteiger partial charge >= 0.3 is 0 Å². The molecular weight excluding hydrogens is 144 g/mol. The van der Waals surface area contributed by atoms with Crippen molar-refractivity contribution in [1.82, 2.24) is 5.32 Å². The Morgan fingerprint density at radius 3 is 2.91 bits per heavy atom. The van der Waals surface area contributed by atoms with Crippen LogP contribution in [-0.4, -0.2) is 18.4 Å². The topological polar surface area (TPSA) is 72.2 Å². The van der Waals surface area contributed by atoms with Crippen molar-refractivity contribution in [2.75, 3.05) is 6.54 Å². The van der Waals surface area contributed by atoms with Crippen LogP contribution in [0.4, 0.5) is 0 Å². The summed E-state index contributed by atoms with van der Waals surface area (Å²) < 4.78 is 0. The highest BCUT2D eigenvalue weighted by Gasteiger charge is 2.23. The lowest BCUT2D eigenvalue weighted by atomic mass is 10.0. The number of amides is 2. The molecule has 4 nitrogen and oxygen atoms in total. The number of hydrogen-bond acceptors (Lipinski definition) is 2. The molecule has 0 aromatic heterocycles. The van der Waals surface area contributed by atoms with E-state index in [4.69, 9.17) is 5.73 Å². The van der Waals surface area contributed by atoms with E-state index in [1.807, 2.05) is 0 Å². The van der Waals surface area contributed by atoms with Crippen LogP contribution < -0.4 is 11.1 Å². The fourth-order valence-corrected chi connectivity index (χ4v) is 1.24. The molecule has 62 valence electrons. The summed E-state index contributed by atoms with van der Waals surface area (Å²) in [6.07, 6.45) is 1.76. The van der Waals surface area contributed by atoms with Crippen LogP contribution in [0.3, 0.4) is 0 Å².